The Hall–Kier alpha value is -2.04. The molecule has 1 saturated carbocycles. The van der Waals surface area contributed by atoms with Gasteiger partial charge in [-0.1, -0.05) is 30.7 Å². The molecule has 0 aromatic heterocycles. The highest BCUT2D eigenvalue weighted by Crippen LogP contribution is 2.36. The molecule has 0 heterocycles. The average Bonchev–Trinajstić information content (AvgIpc) is 2.44. The minimum atomic E-state index is -0.764. The fourth-order valence-corrected chi connectivity index (χ4v) is 2.69. The molecule has 0 unspecified atom stereocenters. The molecule has 1 aromatic carbocycles. The summed E-state index contributed by atoms with van der Waals surface area (Å²) in [5, 5.41) is 2.60. The van der Waals surface area contributed by atoms with Crippen molar-refractivity contribution in [2.24, 2.45) is 0 Å². The third kappa shape index (κ3) is 5.25. The fraction of sp³-hybridized carbons (Fsp3) is 0.579. The Bertz CT molecular complexity index is 570. The van der Waals surface area contributed by atoms with Crippen molar-refractivity contribution in [2.75, 3.05) is 7.11 Å². The first-order valence-corrected chi connectivity index (χ1v) is 8.44. The minimum absolute atomic E-state index is 0.372. The molecule has 1 aromatic rings. The first-order valence-electron chi connectivity index (χ1n) is 8.44. The zero-order valence-electron chi connectivity index (χ0n) is 14.9. The van der Waals surface area contributed by atoms with Gasteiger partial charge < -0.3 is 14.8 Å². The Kier molecular flexibility index (Phi) is 5.86. The van der Waals surface area contributed by atoms with Crippen molar-refractivity contribution in [1.82, 2.24) is 5.32 Å². The number of methoxy groups -OCH3 is 1. The number of esters is 1. The molecule has 1 aliphatic carbocycles. The maximum atomic E-state index is 12.0. The van der Waals surface area contributed by atoms with Gasteiger partial charge in [0, 0.05) is 6.42 Å². The second-order valence-corrected chi connectivity index (χ2v) is 7.30. The minimum Gasteiger partial charge on any atom is -0.467 e. The van der Waals surface area contributed by atoms with Crippen LogP contribution in [0.1, 0.15) is 57.1 Å². The fourth-order valence-electron chi connectivity index (χ4n) is 2.69. The third-order valence-electron chi connectivity index (χ3n) is 4.17. The largest absolute Gasteiger partial charge is 0.467 e. The van der Waals surface area contributed by atoms with Crippen molar-refractivity contribution < 1.29 is 19.1 Å². The molecule has 1 amide bonds. The number of carbonyl (C=O) groups is 2. The maximum Gasteiger partial charge on any atom is 0.408 e. The summed E-state index contributed by atoms with van der Waals surface area (Å²) in [4.78, 5) is 23.9. The van der Waals surface area contributed by atoms with Crippen LogP contribution in [0.15, 0.2) is 24.3 Å². The van der Waals surface area contributed by atoms with Crippen molar-refractivity contribution in [3.8, 4) is 0 Å². The summed E-state index contributed by atoms with van der Waals surface area (Å²) in [5.41, 5.74) is 1.71. The van der Waals surface area contributed by atoms with Gasteiger partial charge in [-0.25, -0.2) is 9.59 Å². The van der Waals surface area contributed by atoms with E-state index in [-0.39, 0.29) is 0 Å². The molecule has 0 radical (unpaired) electrons. The van der Waals surface area contributed by atoms with E-state index in [4.69, 9.17) is 9.47 Å². The summed E-state index contributed by atoms with van der Waals surface area (Å²) < 4.78 is 10.0. The summed E-state index contributed by atoms with van der Waals surface area (Å²) in [5.74, 6) is 0.194. The number of rotatable bonds is 5. The van der Waals surface area contributed by atoms with Crippen LogP contribution in [-0.2, 0) is 20.7 Å². The first kappa shape index (κ1) is 18.3. The summed E-state index contributed by atoms with van der Waals surface area (Å²) in [6, 6.07) is 7.49. The number of hydrogen-bond donors (Lipinski definition) is 1. The smallest absolute Gasteiger partial charge is 0.408 e. The summed E-state index contributed by atoms with van der Waals surface area (Å²) in [6.07, 6.45) is 3.56. The monoisotopic (exact) mass is 333 g/mol. The van der Waals surface area contributed by atoms with E-state index in [0.29, 0.717) is 12.3 Å². The van der Waals surface area contributed by atoms with Gasteiger partial charge in [0.1, 0.15) is 11.6 Å². The molecule has 2 rings (SSSR count). The molecular weight excluding hydrogens is 306 g/mol. The predicted molar refractivity (Wildman–Crippen MR) is 91.9 cm³/mol. The Labute approximate surface area is 143 Å². The molecule has 1 N–H and O–H groups in total. The highest BCUT2D eigenvalue weighted by molar-refractivity contribution is 5.81. The Morgan fingerprint density at radius 2 is 1.83 bits per heavy atom. The highest BCUT2D eigenvalue weighted by Gasteiger charge is 2.25. The lowest BCUT2D eigenvalue weighted by molar-refractivity contribution is -0.143. The van der Waals surface area contributed by atoms with E-state index in [1.807, 2.05) is 12.1 Å². The maximum absolute atomic E-state index is 12.0. The molecule has 0 saturated heterocycles. The van der Waals surface area contributed by atoms with Crippen molar-refractivity contribution in [3.63, 3.8) is 0 Å². The molecule has 24 heavy (non-hydrogen) atoms. The third-order valence-corrected chi connectivity index (χ3v) is 4.17. The lowest BCUT2D eigenvalue weighted by atomic mass is 9.80. The van der Waals surface area contributed by atoms with E-state index in [1.54, 1.807) is 20.8 Å². The molecular formula is C19H27NO4. The second-order valence-electron chi connectivity index (χ2n) is 7.30. The zero-order chi connectivity index (χ0) is 17.7. The molecule has 1 aliphatic rings. The number of ether oxygens (including phenoxy) is 2. The summed E-state index contributed by atoms with van der Waals surface area (Å²) in [6.45, 7) is 5.33. The van der Waals surface area contributed by atoms with Crippen LogP contribution in [0.25, 0.3) is 0 Å². The number of hydrogen-bond acceptors (Lipinski definition) is 4. The van der Waals surface area contributed by atoms with Crippen LogP contribution in [-0.4, -0.2) is 30.8 Å². The van der Waals surface area contributed by atoms with Crippen molar-refractivity contribution in [3.05, 3.63) is 35.4 Å². The lowest BCUT2D eigenvalue weighted by Crippen LogP contribution is -2.45. The van der Waals surface area contributed by atoms with Crippen LogP contribution in [0.2, 0.25) is 0 Å². The SMILES string of the molecule is COC(=O)[C@H](Cc1ccc(C2CCC2)cc1)NC(=O)OC(C)(C)C. The van der Waals surface area contributed by atoms with Gasteiger partial charge in [-0.15, -0.1) is 0 Å². The van der Waals surface area contributed by atoms with Crippen LogP contribution in [0.4, 0.5) is 4.79 Å². The topological polar surface area (TPSA) is 64.6 Å². The van der Waals surface area contributed by atoms with Gasteiger partial charge in [-0.2, -0.15) is 0 Å². The Balaban J connectivity index is 2.00. The quantitative estimate of drug-likeness (QED) is 0.837. The van der Waals surface area contributed by atoms with Crippen LogP contribution in [0.3, 0.4) is 0 Å². The molecule has 5 nitrogen and oxygen atoms in total. The molecule has 0 aliphatic heterocycles. The molecule has 1 fully saturated rings. The number of amides is 1. The van der Waals surface area contributed by atoms with E-state index < -0.39 is 23.7 Å². The normalized spacial score (nSPS) is 16.0. The zero-order valence-corrected chi connectivity index (χ0v) is 14.9. The predicted octanol–water partition coefficient (Wildman–Crippen LogP) is 3.56. The molecule has 1 atom stereocenters. The van der Waals surface area contributed by atoms with Gasteiger partial charge in [-0.05, 0) is 50.7 Å². The Morgan fingerprint density at radius 1 is 1.21 bits per heavy atom. The number of carbonyl (C=O) groups excluding carboxylic acids is 2. The van der Waals surface area contributed by atoms with Crippen LogP contribution < -0.4 is 5.32 Å². The van der Waals surface area contributed by atoms with Gasteiger partial charge in [0.15, 0.2) is 0 Å². The highest BCUT2D eigenvalue weighted by atomic mass is 16.6. The van der Waals surface area contributed by atoms with Gasteiger partial charge >= 0.3 is 12.1 Å². The number of alkyl carbamates (subject to hydrolysis) is 1. The van der Waals surface area contributed by atoms with E-state index in [2.05, 4.69) is 17.4 Å². The first-order chi connectivity index (χ1) is 11.3. The molecule has 0 bridgehead atoms. The van der Waals surface area contributed by atoms with E-state index >= 15 is 0 Å². The average molecular weight is 333 g/mol. The molecule has 0 spiro atoms. The van der Waals surface area contributed by atoms with Gasteiger partial charge in [0.05, 0.1) is 7.11 Å². The van der Waals surface area contributed by atoms with E-state index in [1.165, 1.54) is 31.9 Å². The lowest BCUT2D eigenvalue weighted by Gasteiger charge is -2.26. The number of nitrogens with one attached hydrogen (secondary N) is 1. The second kappa shape index (κ2) is 7.69. The van der Waals surface area contributed by atoms with Crippen LogP contribution in [0, 0.1) is 0 Å². The summed E-state index contributed by atoms with van der Waals surface area (Å²) >= 11 is 0. The van der Waals surface area contributed by atoms with Crippen molar-refractivity contribution >= 4 is 12.1 Å². The van der Waals surface area contributed by atoms with Gasteiger partial charge in [-0.3, -0.25) is 0 Å². The summed E-state index contributed by atoms with van der Waals surface area (Å²) in [7, 11) is 1.31. The Morgan fingerprint density at radius 3 is 2.29 bits per heavy atom. The van der Waals surface area contributed by atoms with E-state index in [9.17, 15) is 9.59 Å². The van der Waals surface area contributed by atoms with Gasteiger partial charge in [0.25, 0.3) is 0 Å². The molecule has 5 heteroatoms. The number of benzene rings is 1. The van der Waals surface area contributed by atoms with Crippen LogP contribution in [0.5, 0.6) is 0 Å². The van der Waals surface area contributed by atoms with E-state index in [0.717, 1.165) is 5.56 Å². The van der Waals surface area contributed by atoms with Crippen molar-refractivity contribution in [2.45, 2.75) is 64.0 Å². The van der Waals surface area contributed by atoms with Gasteiger partial charge in [0.2, 0.25) is 0 Å². The van der Waals surface area contributed by atoms with Crippen LogP contribution >= 0.6 is 0 Å². The standard InChI is InChI=1S/C19H27NO4/c1-19(2,3)24-18(22)20-16(17(21)23-4)12-13-8-10-15(11-9-13)14-6-5-7-14/h8-11,14,16H,5-7,12H2,1-4H3,(H,20,22)/t16-/m0/s1. The van der Waals surface area contributed by atoms with Crippen molar-refractivity contribution in [1.29, 1.82) is 0 Å². The molecule has 132 valence electrons.